The van der Waals surface area contributed by atoms with Crippen LogP contribution in [0.1, 0.15) is 32.3 Å². The van der Waals surface area contributed by atoms with Crippen molar-refractivity contribution in [2.75, 3.05) is 6.61 Å². The van der Waals surface area contributed by atoms with E-state index in [1.54, 1.807) is 0 Å². The predicted molar refractivity (Wildman–Crippen MR) is 76.2 cm³/mol. The van der Waals surface area contributed by atoms with Crippen LogP contribution in [0.4, 0.5) is 0 Å². The number of benzene rings is 1. The lowest BCUT2D eigenvalue weighted by molar-refractivity contribution is -0.0119. The van der Waals surface area contributed by atoms with E-state index < -0.39 is 0 Å². The number of hydrogen-bond donors (Lipinski definition) is 1. The first-order chi connectivity index (χ1) is 8.67. The van der Waals surface area contributed by atoms with Gasteiger partial charge in [-0.2, -0.15) is 0 Å². The van der Waals surface area contributed by atoms with Crippen molar-refractivity contribution in [2.45, 2.75) is 51.3 Å². The summed E-state index contributed by atoms with van der Waals surface area (Å²) in [4.78, 5) is 0. The van der Waals surface area contributed by atoms with Crippen LogP contribution in [0.15, 0.2) is 24.3 Å². The summed E-state index contributed by atoms with van der Waals surface area (Å²) >= 11 is 5.99. The molecule has 1 aliphatic rings. The highest BCUT2D eigenvalue weighted by molar-refractivity contribution is 6.30. The Balaban J connectivity index is 1.71. The molecule has 1 aromatic carbocycles. The third-order valence-electron chi connectivity index (χ3n) is 3.45. The Labute approximate surface area is 115 Å². The Morgan fingerprint density at radius 1 is 1.44 bits per heavy atom. The lowest BCUT2D eigenvalue weighted by Gasteiger charge is -2.37. The second kappa shape index (κ2) is 6.55. The molecule has 100 valence electrons. The van der Waals surface area contributed by atoms with Crippen molar-refractivity contribution in [1.29, 1.82) is 0 Å². The maximum Gasteiger partial charge on any atom is 0.0604 e. The van der Waals surface area contributed by atoms with Crippen LogP contribution < -0.4 is 5.32 Å². The molecule has 0 heterocycles. The molecule has 2 nitrogen and oxygen atoms in total. The molecular weight excluding hydrogens is 246 g/mol. The maximum atomic E-state index is 5.99. The fraction of sp³-hybridized carbons (Fsp3) is 0.600. The molecule has 1 atom stereocenters. The molecule has 0 radical (unpaired) electrons. The Morgan fingerprint density at radius 2 is 2.22 bits per heavy atom. The fourth-order valence-corrected chi connectivity index (χ4v) is 2.77. The molecule has 1 aliphatic carbocycles. The number of nitrogens with one attached hydrogen (secondary N) is 1. The largest absolute Gasteiger partial charge is 0.378 e. The van der Waals surface area contributed by atoms with E-state index in [2.05, 4.69) is 25.2 Å². The third kappa shape index (κ3) is 3.98. The first-order valence-electron chi connectivity index (χ1n) is 6.79. The Morgan fingerprint density at radius 3 is 2.89 bits per heavy atom. The SMILES string of the molecule is CCOC1CC(NC(C)Cc2cccc(Cl)c2)C1. The van der Waals surface area contributed by atoms with Gasteiger partial charge in [0.05, 0.1) is 6.10 Å². The highest BCUT2D eigenvalue weighted by atomic mass is 35.5. The van der Waals surface area contributed by atoms with Crippen LogP contribution >= 0.6 is 11.6 Å². The van der Waals surface area contributed by atoms with Gasteiger partial charge in [-0.05, 0) is 50.8 Å². The van der Waals surface area contributed by atoms with Crippen LogP contribution in [0.2, 0.25) is 5.02 Å². The van der Waals surface area contributed by atoms with Crippen LogP contribution in [0, 0.1) is 0 Å². The smallest absolute Gasteiger partial charge is 0.0604 e. The molecule has 3 heteroatoms. The van der Waals surface area contributed by atoms with Crippen LogP contribution in [-0.2, 0) is 11.2 Å². The van der Waals surface area contributed by atoms with E-state index in [0.29, 0.717) is 18.2 Å². The molecular formula is C15H22ClNO. The Kier molecular flexibility index (Phi) is 5.04. The quantitative estimate of drug-likeness (QED) is 0.853. The van der Waals surface area contributed by atoms with E-state index >= 15 is 0 Å². The maximum absolute atomic E-state index is 5.99. The van der Waals surface area contributed by atoms with E-state index in [-0.39, 0.29) is 0 Å². The van der Waals surface area contributed by atoms with E-state index in [9.17, 15) is 0 Å². The monoisotopic (exact) mass is 267 g/mol. The van der Waals surface area contributed by atoms with Gasteiger partial charge in [-0.3, -0.25) is 0 Å². The zero-order valence-corrected chi connectivity index (χ0v) is 11.9. The second-order valence-electron chi connectivity index (χ2n) is 5.15. The molecule has 1 unspecified atom stereocenters. The summed E-state index contributed by atoms with van der Waals surface area (Å²) in [5.41, 5.74) is 1.29. The first-order valence-corrected chi connectivity index (χ1v) is 7.17. The third-order valence-corrected chi connectivity index (χ3v) is 3.68. The second-order valence-corrected chi connectivity index (χ2v) is 5.58. The van der Waals surface area contributed by atoms with Gasteiger partial charge in [0, 0.05) is 23.7 Å². The summed E-state index contributed by atoms with van der Waals surface area (Å²) in [6.07, 6.45) is 3.79. The summed E-state index contributed by atoms with van der Waals surface area (Å²) in [5, 5.41) is 4.47. The van der Waals surface area contributed by atoms with Gasteiger partial charge in [-0.15, -0.1) is 0 Å². The van der Waals surface area contributed by atoms with Crippen LogP contribution in [-0.4, -0.2) is 24.8 Å². The molecule has 0 saturated heterocycles. The average molecular weight is 268 g/mol. The Hall–Kier alpha value is -0.570. The summed E-state index contributed by atoms with van der Waals surface area (Å²) < 4.78 is 5.57. The highest BCUT2D eigenvalue weighted by Gasteiger charge is 2.29. The zero-order valence-electron chi connectivity index (χ0n) is 11.2. The molecule has 0 aliphatic heterocycles. The molecule has 0 bridgehead atoms. The summed E-state index contributed by atoms with van der Waals surface area (Å²) in [6, 6.07) is 9.21. The van der Waals surface area contributed by atoms with Crippen LogP contribution in [0.5, 0.6) is 0 Å². The lowest BCUT2D eigenvalue weighted by Crippen LogP contribution is -2.49. The van der Waals surface area contributed by atoms with Gasteiger partial charge in [0.15, 0.2) is 0 Å². The summed E-state index contributed by atoms with van der Waals surface area (Å²) in [6.45, 7) is 5.12. The van der Waals surface area contributed by atoms with E-state index in [0.717, 1.165) is 30.9 Å². The average Bonchev–Trinajstić information content (AvgIpc) is 2.26. The minimum Gasteiger partial charge on any atom is -0.378 e. The molecule has 0 aromatic heterocycles. The van der Waals surface area contributed by atoms with E-state index in [1.807, 2.05) is 18.2 Å². The predicted octanol–water partition coefficient (Wildman–Crippen LogP) is 3.43. The van der Waals surface area contributed by atoms with Crippen molar-refractivity contribution in [3.8, 4) is 0 Å². The molecule has 1 aromatic rings. The molecule has 1 N–H and O–H groups in total. The number of rotatable bonds is 6. The standard InChI is InChI=1S/C15H22ClNO/c1-3-18-15-9-14(10-15)17-11(2)7-12-5-4-6-13(16)8-12/h4-6,8,11,14-15,17H,3,7,9-10H2,1-2H3. The summed E-state index contributed by atoms with van der Waals surface area (Å²) in [5.74, 6) is 0. The number of halogens is 1. The van der Waals surface area contributed by atoms with Crippen molar-refractivity contribution in [3.63, 3.8) is 0 Å². The normalized spacial score (nSPS) is 24.6. The lowest BCUT2D eigenvalue weighted by atomic mass is 9.88. The van der Waals surface area contributed by atoms with Gasteiger partial charge in [0.2, 0.25) is 0 Å². The highest BCUT2D eigenvalue weighted by Crippen LogP contribution is 2.24. The minimum atomic E-state index is 0.478. The van der Waals surface area contributed by atoms with Crippen molar-refractivity contribution in [2.24, 2.45) is 0 Å². The van der Waals surface area contributed by atoms with Gasteiger partial charge in [-0.25, -0.2) is 0 Å². The van der Waals surface area contributed by atoms with Gasteiger partial charge in [-0.1, -0.05) is 23.7 Å². The molecule has 2 rings (SSSR count). The van der Waals surface area contributed by atoms with Crippen molar-refractivity contribution in [3.05, 3.63) is 34.9 Å². The topological polar surface area (TPSA) is 21.3 Å². The molecule has 0 spiro atoms. The zero-order chi connectivity index (χ0) is 13.0. The molecule has 1 saturated carbocycles. The van der Waals surface area contributed by atoms with Gasteiger partial charge in [0.25, 0.3) is 0 Å². The number of ether oxygens (including phenoxy) is 1. The molecule has 0 amide bonds. The van der Waals surface area contributed by atoms with Gasteiger partial charge in [0.1, 0.15) is 0 Å². The van der Waals surface area contributed by atoms with Crippen LogP contribution in [0.25, 0.3) is 0 Å². The molecule has 1 fully saturated rings. The van der Waals surface area contributed by atoms with Gasteiger partial charge < -0.3 is 10.1 Å². The van der Waals surface area contributed by atoms with Crippen LogP contribution in [0.3, 0.4) is 0 Å². The first kappa shape index (κ1) is 13.9. The molecule has 18 heavy (non-hydrogen) atoms. The minimum absolute atomic E-state index is 0.478. The van der Waals surface area contributed by atoms with Crippen molar-refractivity contribution in [1.82, 2.24) is 5.32 Å². The van der Waals surface area contributed by atoms with E-state index in [4.69, 9.17) is 16.3 Å². The summed E-state index contributed by atoms with van der Waals surface area (Å²) in [7, 11) is 0. The Bertz CT molecular complexity index is 377. The van der Waals surface area contributed by atoms with Crippen molar-refractivity contribution >= 4 is 11.6 Å². The number of hydrogen-bond acceptors (Lipinski definition) is 2. The fourth-order valence-electron chi connectivity index (χ4n) is 2.55. The van der Waals surface area contributed by atoms with Crippen molar-refractivity contribution < 1.29 is 4.74 Å². The van der Waals surface area contributed by atoms with E-state index in [1.165, 1.54) is 5.56 Å². The van der Waals surface area contributed by atoms with Gasteiger partial charge >= 0.3 is 0 Å².